The molecule has 0 spiro atoms. The molecular weight excluding hydrogens is 404 g/mol. The summed E-state index contributed by atoms with van der Waals surface area (Å²) in [6, 6.07) is 13.2. The number of aryl methyl sites for hydroxylation is 2. The van der Waals surface area contributed by atoms with Gasteiger partial charge in [0.25, 0.3) is 0 Å². The van der Waals surface area contributed by atoms with Crippen molar-refractivity contribution in [1.29, 1.82) is 0 Å². The van der Waals surface area contributed by atoms with Gasteiger partial charge in [-0.25, -0.2) is 9.78 Å². The van der Waals surface area contributed by atoms with Crippen LogP contribution in [-0.2, 0) is 18.4 Å². The van der Waals surface area contributed by atoms with E-state index in [0.717, 1.165) is 22.3 Å². The predicted octanol–water partition coefficient (Wildman–Crippen LogP) is 3.22. The van der Waals surface area contributed by atoms with Crippen LogP contribution < -0.4 is 20.5 Å². The van der Waals surface area contributed by atoms with Gasteiger partial charge in [0.1, 0.15) is 0 Å². The molecule has 2 aromatic carbocycles. The Hall–Kier alpha value is -3.59. The van der Waals surface area contributed by atoms with E-state index in [1.165, 1.54) is 11.3 Å². The molecule has 0 radical (unpaired) electrons. The molecule has 1 N–H and O–H groups in total. The molecule has 0 fully saturated rings. The van der Waals surface area contributed by atoms with Crippen LogP contribution in [0.15, 0.2) is 52.6 Å². The minimum absolute atomic E-state index is 0.136. The van der Waals surface area contributed by atoms with Crippen LogP contribution in [0.1, 0.15) is 6.42 Å². The third-order valence-corrected chi connectivity index (χ3v) is 5.79. The molecule has 0 bridgehead atoms. The number of benzene rings is 2. The number of thiazole rings is 1. The number of carbonyl (C=O) groups excluding carboxylic acids is 1. The molecule has 0 unspecified atom stereocenters. The second kappa shape index (κ2) is 7.34. The molecule has 30 heavy (non-hydrogen) atoms. The van der Waals surface area contributed by atoms with Gasteiger partial charge < -0.3 is 14.8 Å². The monoisotopic (exact) mass is 422 g/mol. The number of nitrogens with one attached hydrogen (secondary N) is 1. The van der Waals surface area contributed by atoms with E-state index >= 15 is 0 Å². The summed E-state index contributed by atoms with van der Waals surface area (Å²) in [6.07, 6.45) is 0.173. The number of hydrogen-bond acceptors (Lipinski definition) is 6. The summed E-state index contributed by atoms with van der Waals surface area (Å²) in [5.74, 6) is 1.21. The molecule has 5 rings (SSSR count). The fourth-order valence-corrected chi connectivity index (χ4v) is 4.23. The van der Waals surface area contributed by atoms with Gasteiger partial charge in [0, 0.05) is 31.0 Å². The summed E-state index contributed by atoms with van der Waals surface area (Å²) in [5.41, 5.74) is 3.16. The Kier molecular flexibility index (Phi) is 4.51. The third kappa shape index (κ3) is 3.22. The van der Waals surface area contributed by atoms with Crippen molar-refractivity contribution in [3.63, 3.8) is 0 Å². The van der Waals surface area contributed by atoms with Crippen LogP contribution in [-0.4, -0.2) is 26.8 Å². The number of para-hydroxylation sites is 2. The van der Waals surface area contributed by atoms with Crippen LogP contribution in [0.5, 0.6) is 11.5 Å². The van der Waals surface area contributed by atoms with E-state index in [1.807, 2.05) is 47.8 Å². The zero-order chi connectivity index (χ0) is 20.7. The Morgan fingerprint density at radius 1 is 1.17 bits per heavy atom. The van der Waals surface area contributed by atoms with E-state index in [2.05, 4.69) is 10.3 Å². The van der Waals surface area contributed by atoms with Crippen molar-refractivity contribution in [3.05, 3.63) is 58.3 Å². The molecule has 4 aromatic rings. The quantitative estimate of drug-likeness (QED) is 0.534. The van der Waals surface area contributed by atoms with Gasteiger partial charge in [-0.3, -0.25) is 13.9 Å². The summed E-state index contributed by atoms with van der Waals surface area (Å²) in [6.45, 7) is 0.517. The van der Waals surface area contributed by atoms with E-state index in [4.69, 9.17) is 9.47 Å². The SMILES string of the molecule is Cn1c(=O)n(CCC(=O)Nc2nc(-c3ccc4c(c3)OCO4)cs2)c2ccccc21. The predicted molar refractivity (Wildman–Crippen MR) is 114 cm³/mol. The number of anilines is 1. The van der Waals surface area contributed by atoms with Crippen molar-refractivity contribution in [3.8, 4) is 22.8 Å². The summed E-state index contributed by atoms with van der Waals surface area (Å²) < 4.78 is 13.9. The Bertz CT molecular complexity index is 1320. The van der Waals surface area contributed by atoms with Gasteiger partial charge in [0.15, 0.2) is 16.6 Å². The third-order valence-electron chi connectivity index (χ3n) is 5.03. The summed E-state index contributed by atoms with van der Waals surface area (Å²) in [7, 11) is 1.73. The molecule has 0 saturated carbocycles. The van der Waals surface area contributed by atoms with Gasteiger partial charge in [-0.1, -0.05) is 12.1 Å². The lowest BCUT2D eigenvalue weighted by Crippen LogP contribution is -2.24. The number of fused-ring (bicyclic) bond motifs is 2. The van der Waals surface area contributed by atoms with Gasteiger partial charge in [-0.15, -0.1) is 11.3 Å². The Labute approximate surface area is 175 Å². The fraction of sp³-hybridized carbons (Fsp3) is 0.190. The Balaban J connectivity index is 1.27. The highest BCUT2D eigenvalue weighted by atomic mass is 32.1. The normalized spacial score (nSPS) is 12.4. The number of imidazole rings is 1. The summed E-state index contributed by atoms with van der Waals surface area (Å²) in [4.78, 5) is 29.4. The molecule has 1 aliphatic rings. The van der Waals surface area contributed by atoms with Gasteiger partial charge in [0.2, 0.25) is 12.7 Å². The smallest absolute Gasteiger partial charge is 0.328 e. The highest BCUT2D eigenvalue weighted by Gasteiger charge is 2.16. The van der Waals surface area contributed by atoms with Crippen molar-refractivity contribution in [2.75, 3.05) is 12.1 Å². The Morgan fingerprint density at radius 3 is 2.83 bits per heavy atom. The lowest BCUT2D eigenvalue weighted by molar-refractivity contribution is -0.116. The van der Waals surface area contributed by atoms with E-state index < -0.39 is 0 Å². The van der Waals surface area contributed by atoms with Crippen LogP contribution in [0.25, 0.3) is 22.3 Å². The van der Waals surface area contributed by atoms with E-state index in [9.17, 15) is 9.59 Å². The summed E-state index contributed by atoms with van der Waals surface area (Å²) in [5, 5.41) is 5.21. The first-order valence-electron chi connectivity index (χ1n) is 9.40. The van der Waals surface area contributed by atoms with Crippen molar-refractivity contribution < 1.29 is 14.3 Å². The van der Waals surface area contributed by atoms with Gasteiger partial charge >= 0.3 is 5.69 Å². The first kappa shape index (κ1) is 18.4. The number of carbonyl (C=O) groups is 1. The highest BCUT2D eigenvalue weighted by Crippen LogP contribution is 2.36. The number of ether oxygens (including phenoxy) is 2. The number of rotatable bonds is 5. The lowest BCUT2D eigenvalue weighted by atomic mass is 10.1. The average Bonchev–Trinajstić information content (AvgIpc) is 3.46. The molecule has 0 aliphatic carbocycles. The molecule has 1 aliphatic heterocycles. The zero-order valence-electron chi connectivity index (χ0n) is 16.1. The van der Waals surface area contributed by atoms with Crippen molar-refractivity contribution in [2.45, 2.75) is 13.0 Å². The second-order valence-electron chi connectivity index (χ2n) is 6.89. The van der Waals surface area contributed by atoms with E-state index in [-0.39, 0.29) is 24.8 Å². The maximum absolute atomic E-state index is 12.5. The number of hydrogen-bond donors (Lipinski definition) is 1. The van der Waals surface area contributed by atoms with Gasteiger partial charge in [0.05, 0.1) is 16.7 Å². The largest absolute Gasteiger partial charge is 0.454 e. The zero-order valence-corrected chi connectivity index (χ0v) is 16.9. The molecular formula is C21H18N4O4S. The number of nitrogens with zero attached hydrogens (tertiary/aromatic N) is 3. The average molecular weight is 422 g/mol. The van der Waals surface area contributed by atoms with Crippen LogP contribution in [0.3, 0.4) is 0 Å². The summed E-state index contributed by atoms with van der Waals surface area (Å²) >= 11 is 1.35. The molecule has 152 valence electrons. The van der Waals surface area contributed by atoms with E-state index in [1.54, 1.807) is 16.2 Å². The van der Waals surface area contributed by atoms with Crippen LogP contribution in [0.4, 0.5) is 5.13 Å². The maximum Gasteiger partial charge on any atom is 0.328 e. The molecule has 1 amide bonds. The van der Waals surface area contributed by atoms with Crippen LogP contribution in [0, 0.1) is 0 Å². The number of amides is 1. The first-order valence-corrected chi connectivity index (χ1v) is 10.3. The molecule has 0 saturated heterocycles. The van der Waals surface area contributed by atoms with Crippen LogP contribution in [0.2, 0.25) is 0 Å². The molecule has 3 heterocycles. The van der Waals surface area contributed by atoms with Gasteiger partial charge in [-0.05, 0) is 30.3 Å². The molecule has 9 heteroatoms. The Morgan fingerprint density at radius 2 is 1.97 bits per heavy atom. The standard InChI is InChI=1S/C21H18N4O4S/c1-24-15-4-2-3-5-16(15)25(21(24)27)9-8-19(26)23-20-22-14(11-30-20)13-6-7-17-18(10-13)29-12-28-17/h2-7,10-11H,8-9,12H2,1H3,(H,22,23,26). The topological polar surface area (TPSA) is 87.4 Å². The number of aromatic nitrogens is 3. The minimum atomic E-state index is -0.193. The van der Waals surface area contributed by atoms with Crippen LogP contribution >= 0.6 is 11.3 Å². The van der Waals surface area contributed by atoms with Crippen molar-refractivity contribution >= 4 is 33.4 Å². The first-order chi connectivity index (χ1) is 14.6. The fourth-order valence-electron chi connectivity index (χ4n) is 3.49. The molecule has 8 nitrogen and oxygen atoms in total. The molecule has 0 atom stereocenters. The highest BCUT2D eigenvalue weighted by molar-refractivity contribution is 7.14. The van der Waals surface area contributed by atoms with Crippen molar-refractivity contribution in [1.82, 2.24) is 14.1 Å². The second-order valence-corrected chi connectivity index (χ2v) is 7.74. The van der Waals surface area contributed by atoms with Gasteiger partial charge in [-0.2, -0.15) is 0 Å². The lowest BCUT2D eigenvalue weighted by Gasteiger charge is -2.04. The minimum Gasteiger partial charge on any atom is -0.454 e. The van der Waals surface area contributed by atoms with Crippen molar-refractivity contribution in [2.24, 2.45) is 7.05 Å². The molecule has 2 aromatic heterocycles. The maximum atomic E-state index is 12.5. The van der Waals surface area contributed by atoms with E-state index in [0.29, 0.717) is 23.2 Å².